The maximum atomic E-state index is 12.4. The molecule has 1 aromatic carbocycles. The Hall–Kier alpha value is -1.30. The zero-order valence-corrected chi connectivity index (χ0v) is 8.89. The predicted octanol–water partition coefficient (Wildman–Crippen LogP) is 3.66. The molecule has 0 saturated heterocycles. The molecule has 7 heteroatoms. The number of hydrogen-bond donors (Lipinski definition) is 0. The van der Waals surface area contributed by atoms with E-state index in [4.69, 9.17) is 11.6 Å². The van der Waals surface area contributed by atoms with Crippen LogP contribution in [0, 0.1) is 17.0 Å². The molecule has 0 atom stereocenters. The van der Waals surface area contributed by atoms with Gasteiger partial charge in [-0.05, 0) is 19.1 Å². The lowest BCUT2D eigenvalue weighted by Crippen LogP contribution is -2.08. The molecule has 0 aromatic heterocycles. The largest absolute Gasteiger partial charge is 0.416 e. The van der Waals surface area contributed by atoms with Crippen molar-refractivity contribution in [2.45, 2.75) is 19.0 Å². The Kier molecular flexibility index (Phi) is 3.42. The van der Waals surface area contributed by atoms with Crippen molar-refractivity contribution in [1.82, 2.24) is 0 Å². The van der Waals surface area contributed by atoms with Crippen molar-refractivity contribution in [2.24, 2.45) is 0 Å². The lowest BCUT2D eigenvalue weighted by atomic mass is 10.0. The second kappa shape index (κ2) is 4.29. The van der Waals surface area contributed by atoms with Crippen LogP contribution in [0.25, 0.3) is 0 Å². The number of nitro groups is 1. The van der Waals surface area contributed by atoms with Crippen molar-refractivity contribution in [1.29, 1.82) is 0 Å². The standard InChI is InChI=1S/C9H7ClF3NO2/c1-5-2-7(9(11,12)13)3-6(4-10)8(5)14(15)16/h2-3H,4H2,1H3. The Morgan fingerprint density at radius 1 is 1.44 bits per heavy atom. The molecule has 0 amide bonds. The first kappa shape index (κ1) is 12.8. The molecule has 1 aromatic rings. The summed E-state index contributed by atoms with van der Waals surface area (Å²) < 4.78 is 37.2. The van der Waals surface area contributed by atoms with E-state index < -0.39 is 16.7 Å². The van der Waals surface area contributed by atoms with E-state index in [0.717, 1.165) is 6.07 Å². The van der Waals surface area contributed by atoms with Gasteiger partial charge in [-0.25, -0.2) is 0 Å². The van der Waals surface area contributed by atoms with E-state index in [-0.39, 0.29) is 22.7 Å². The molecule has 0 radical (unpaired) electrons. The molecule has 0 bridgehead atoms. The van der Waals surface area contributed by atoms with Gasteiger partial charge in [-0.2, -0.15) is 13.2 Å². The van der Waals surface area contributed by atoms with E-state index in [0.29, 0.717) is 6.07 Å². The number of nitro benzene ring substituents is 1. The van der Waals surface area contributed by atoms with Gasteiger partial charge in [0.2, 0.25) is 0 Å². The second-order valence-corrected chi connectivity index (χ2v) is 3.46. The predicted molar refractivity (Wildman–Crippen MR) is 52.4 cm³/mol. The highest BCUT2D eigenvalue weighted by Gasteiger charge is 2.33. The Labute approximate surface area is 94.0 Å². The zero-order chi connectivity index (χ0) is 12.5. The van der Waals surface area contributed by atoms with E-state index in [1.54, 1.807) is 0 Å². The van der Waals surface area contributed by atoms with Crippen molar-refractivity contribution < 1.29 is 18.1 Å². The third-order valence-corrected chi connectivity index (χ3v) is 2.32. The molecule has 0 fully saturated rings. The average molecular weight is 254 g/mol. The van der Waals surface area contributed by atoms with Gasteiger partial charge in [-0.3, -0.25) is 10.1 Å². The number of hydrogen-bond acceptors (Lipinski definition) is 2. The number of alkyl halides is 4. The summed E-state index contributed by atoms with van der Waals surface area (Å²) in [5.41, 5.74) is -1.45. The van der Waals surface area contributed by atoms with Gasteiger partial charge >= 0.3 is 6.18 Å². The summed E-state index contributed by atoms with van der Waals surface area (Å²) in [6.07, 6.45) is -4.53. The SMILES string of the molecule is Cc1cc(C(F)(F)F)cc(CCl)c1[N+](=O)[O-]. The van der Waals surface area contributed by atoms with Crippen molar-refractivity contribution in [3.63, 3.8) is 0 Å². The van der Waals surface area contributed by atoms with E-state index >= 15 is 0 Å². The molecule has 16 heavy (non-hydrogen) atoms. The Morgan fingerprint density at radius 2 is 2.00 bits per heavy atom. The molecule has 0 aliphatic carbocycles. The summed E-state index contributed by atoms with van der Waals surface area (Å²) in [6.45, 7) is 1.25. The minimum Gasteiger partial charge on any atom is -0.258 e. The van der Waals surface area contributed by atoms with Crippen molar-refractivity contribution in [3.05, 3.63) is 38.9 Å². The quantitative estimate of drug-likeness (QED) is 0.459. The van der Waals surface area contributed by atoms with E-state index in [9.17, 15) is 23.3 Å². The molecular weight excluding hydrogens is 247 g/mol. The maximum absolute atomic E-state index is 12.4. The number of nitrogens with zero attached hydrogens (tertiary/aromatic N) is 1. The first-order chi connectivity index (χ1) is 7.27. The topological polar surface area (TPSA) is 43.1 Å². The van der Waals surface area contributed by atoms with Gasteiger partial charge in [-0.1, -0.05) is 0 Å². The fourth-order valence-corrected chi connectivity index (χ4v) is 1.58. The summed E-state index contributed by atoms with van der Waals surface area (Å²) in [6, 6.07) is 1.45. The minimum atomic E-state index is -4.53. The zero-order valence-electron chi connectivity index (χ0n) is 8.14. The smallest absolute Gasteiger partial charge is 0.258 e. The highest BCUT2D eigenvalue weighted by atomic mass is 35.5. The molecule has 0 spiro atoms. The molecular formula is C9H7ClF3NO2. The lowest BCUT2D eigenvalue weighted by Gasteiger charge is -2.10. The Balaban J connectivity index is 3.44. The summed E-state index contributed by atoms with van der Waals surface area (Å²) >= 11 is 5.40. The van der Waals surface area contributed by atoms with Gasteiger partial charge in [0.25, 0.3) is 5.69 Å². The lowest BCUT2D eigenvalue weighted by molar-refractivity contribution is -0.386. The molecule has 88 valence electrons. The van der Waals surface area contributed by atoms with Crippen LogP contribution in [0.15, 0.2) is 12.1 Å². The second-order valence-electron chi connectivity index (χ2n) is 3.19. The number of halogens is 4. The number of aryl methyl sites for hydroxylation is 1. The Morgan fingerprint density at radius 3 is 2.38 bits per heavy atom. The summed E-state index contributed by atoms with van der Waals surface area (Å²) in [5.74, 6) is -0.332. The molecule has 0 aliphatic heterocycles. The van der Waals surface area contributed by atoms with Gasteiger partial charge in [0, 0.05) is 11.1 Å². The van der Waals surface area contributed by atoms with Crippen LogP contribution in [0.5, 0.6) is 0 Å². The molecule has 0 aliphatic rings. The maximum Gasteiger partial charge on any atom is 0.416 e. The van der Waals surface area contributed by atoms with Gasteiger partial charge < -0.3 is 0 Å². The monoisotopic (exact) mass is 253 g/mol. The van der Waals surface area contributed by atoms with Gasteiger partial charge in [-0.15, -0.1) is 11.6 Å². The van der Waals surface area contributed by atoms with Crippen molar-refractivity contribution >= 4 is 17.3 Å². The van der Waals surface area contributed by atoms with E-state index in [1.807, 2.05) is 0 Å². The van der Waals surface area contributed by atoms with Gasteiger partial charge in [0.05, 0.1) is 16.4 Å². The van der Waals surface area contributed by atoms with E-state index in [1.165, 1.54) is 6.92 Å². The first-order valence-electron chi connectivity index (χ1n) is 4.18. The normalized spacial score (nSPS) is 11.6. The van der Waals surface area contributed by atoms with Crippen LogP contribution < -0.4 is 0 Å². The third-order valence-electron chi connectivity index (χ3n) is 2.03. The highest BCUT2D eigenvalue weighted by Crippen LogP contribution is 2.35. The number of rotatable bonds is 2. The first-order valence-corrected chi connectivity index (χ1v) is 4.72. The molecule has 0 N–H and O–H groups in total. The van der Waals surface area contributed by atoms with Crippen molar-refractivity contribution in [2.75, 3.05) is 0 Å². The van der Waals surface area contributed by atoms with Crippen molar-refractivity contribution in [3.8, 4) is 0 Å². The van der Waals surface area contributed by atoms with Gasteiger partial charge in [0.15, 0.2) is 0 Å². The van der Waals surface area contributed by atoms with Crippen LogP contribution in [0.3, 0.4) is 0 Å². The minimum absolute atomic E-state index is 0.0459. The van der Waals surface area contributed by atoms with Crippen LogP contribution in [0.1, 0.15) is 16.7 Å². The van der Waals surface area contributed by atoms with Crippen LogP contribution in [0.4, 0.5) is 18.9 Å². The van der Waals surface area contributed by atoms with Gasteiger partial charge in [0.1, 0.15) is 0 Å². The summed E-state index contributed by atoms with van der Waals surface area (Å²) in [4.78, 5) is 9.90. The van der Waals surface area contributed by atoms with Crippen LogP contribution in [-0.4, -0.2) is 4.92 Å². The van der Waals surface area contributed by atoms with E-state index in [2.05, 4.69) is 0 Å². The molecule has 3 nitrogen and oxygen atoms in total. The fraction of sp³-hybridized carbons (Fsp3) is 0.333. The molecule has 0 heterocycles. The average Bonchev–Trinajstić information content (AvgIpc) is 2.14. The fourth-order valence-electron chi connectivity index (χ4n) is 1.38. The van der Waals surface area contributed by atoms with Crippen LogP contribution >= 0.6 is 11.6 Å². The summed E-state index contributed by atoms with van der Waals surface area (Å²) in [5, 5.41) is 10.6. The molecule has 0 saturated carbocycles. The Bertz CT molecular complexity index is 431. The highest BCUT2D eigenvalue weighted by molar-refractivity contribution is 6.17. The summed E-state index contributed by atoms with van der Waals surface area (Å²) in [7, 11) is 0. The number of benzene rings is 1. The molecule has 0 unspecified atom stereocenters. The van der Waals surface area contributed by atoms with Crippen LogP contribution in [0.2, 0.25) is 0 Å². The van der Waals surface area contributed by atoms with Crippen LogP contribution in [-0.2, 0) is 12.1 Å². The molecule has 1 rings (SSSR count). The third kappa shape index (κ3) is 2.44.